The van der Waals surface area contributed by atoms with Gasteiger partial charge < -0.3 is 0 Å². The van der Waals surface area contributed by atoms with E-state index in [0.717, 1.165) is 18.2 Å². The lowest BCUT2D eigenvalue weighted by molar-refractivity contribution is -0.141. The first-order valence-electron chi connectivity index (χ1n) is 9.57. The molecule has 34 heavy (non-hydrogen) atoms. The summed E-state index contributed by atoms with van der Waals surface area (Å²) in [5, 5.41) is 5.17. The van der Waals surface area contributed by atoms with E-state index in [2.05, 4.69) is 9.97 Å². The largest absolute Gasteiger partial charge is 0.433 e. The number of benzene rings is 3. The molecule has 0 spiro atoms. The van der Waals surface area contributed by atoms with Crippen molar-refractivity contribution in [2.75, 3.05) is 0 Å². The molecule has 11 heteroatoms. The van der Waals surface area contributed by atoms with Crippen molar-refractivity contribution in [3.63, 3.8) is 0 Å². The van der Waals surface area contributed by atoms with Gasteiger partial charge >= 0.3 is 6.18 Å². The molecule has 0 aliphatic carbocycles. The predicted octanol–water partition coefficient (Wildman–Crippen LogP) is 5.42. The fourth-order valence-corrected chi connectivity index (χ4v) is 3.77. The molecule has 0 bridgehead atoms. The topological polar surface area (TPSA) is 85.9 Å². The highest BCUT2D eigenvalue weighted by Crippen LogP contribution is 2.33. The summed E-state index contributed by atoms with van der Waals surface area (Å²) in [4.78, 5) is 7.61. The lowest BCUT2D eigenvalue weighted by Gasteiger charge is -2.12. The zero-order valence-electron chi connectivity index (χ0n) is 17.0. The van der Waals surface area contributed by atoms with Gasteiger partial charge in [-0.25, -0.2) is 32.3 Å². The highest BCUT2D eigenvalue weighted by Gasteiger charge is 2.34. The zero-order valence-corrected chi connectivity index (χ0v) is 17.8. The summed E-state index contributed by atoms with van der Waals surface area (Å²) in [6.07, 6.45) is -4.83. The van der Waals surface area contributed by atoms with Gasteiger partial charge in [0.15, 0.2) is 17.5 Å². The SMILES string of the molecule is NS(=O)(=O)c1cccc(-c2cccc(-c3nc(-c4ccc(F)c(F)c4)cc(C(F)(F)F)n3)c2)c1. The van der Waals surface area contributed by atoms with Crippen LogP contribution in [0.25, 0.3) is 33.8 Å². The monoisotopic (exact) mass is 491 g/mol. The zero-order chi connectivity index (χ0) is 24.7. The number of primary sulfonamides is 1. The van der Waals surface area contributed by atoms with Gasteiger partial charge in [0.25, 0.3) is 0 Å². The number of nitrogens with zero attached hydrogens (tertiary/aromatic N) is 2. The lowest BCUT2D eigenvalue weighted by Crippen LogP contribution is -2.11. The van der Waals surface area contributed by atoms with Gasteiger partial charge in [-0.15, -0.1) is 0 Å². The van der Waals surface area contributed by atoms with E-state index in [1.807, 2.05) is 0 Å². The van der Waals surface area contributed by atoms with E-state index in [1.165, 1.54) is 36.4 Å². The molecule has 0 aliphatic rings. The van der Waals surface area contributed by atoms with E-state index in [-0.39, 0.29) is 27.5 Å². The molecule has 0 unspecified atom stereocenters. The Hall–Kier alpha value is -3.70. The molecule has 1 aromatic heterocycles. The van der Waals surface area contributed by atoms with Crippen LogP contribution in [0.15, 0.2) is 77.7 Å². The van der Waals surface area contributed by atoms with E-state index in [9.17, 15) is 30.4 Å². The summed E-state index contributed by atoms with van der Waals surface area (Å²) < 4.78 is 90.9. The number of nitrogens with two attached hydrogens (primary N) is 1. The Morgan fingerprint density at radius 3 is 2.00 bits per heavy atom. The summed E-state index contributed by atoms with van der Waals surface area (Å²) in [5.74, 6) is -2.69. The van der Waals surface area contributed by atoms with E-state index >= 15 is 0 Å². The molecule has 4 rings (SSSR count). The Morgan fingerprint density at radius 2 is 1.35 bits per heavy atom. The van der Waals surface area contributed by atoms with Gasteiger partial charge in [0.05, 0.1) is 10.6 Å². The minimum atomic E-state index is -4.83. The standard InChI is InChI=1S/C23H14F5N3O2S/c24-18-8-7-15(11-19(18)25)20-12-21(23(26,27)28)31-22(30-20)16-5-1-3-13(9-16)14-4-2-6-17(10-14)34(29,32)33/h1-12H,(H2,29,32,33). The number of hydrogen-bond donors (Lipinski definition) is 1. The molecule has 0 atom stereocenters. The second kappa shape index (κ2) is 8.58. The molecule has 0 fully saturated rings. The molecule has 0 saturated heterocycles. The summed E-state index contributed by atoms with van der Waals surface area (Å²) in [6.45, 7) is 0. The highest BCUT2D eigenvalue weighted by atomic mass is 32.2. The Balaban J connectivity index is 1.86. The van der Waals surface area contributed by atoms with Crippen LogP contribution in [0.5, 0.6) is 0 Å². The van der Waals surface area contributed by atoms with Crippen LogP contribution < -0.4 is 5.14 Å². The number of aromatic nitrogens is 2. The van der Waals surface area contributed by atoms with Gasteiger partial charge in [-0.2, -0.15) is 13.2 Å². The van der Waals surface area contributed by atoms with Crippen molar-refractivity contribution in [2.24, 2.45) is 5.14 Å². The first kappa shape index (κ1) is 23.5. The van der Waals surface area contributed by atoms with Crippen LogP contribution in [-0.4, -0.2) is 18.4 Å². The minimum absolute atomic E-state index is 0.0648. The number of alkyl halides is 3. The van der Waals surface area contributed by atoms with Crippen LogP contribution in [0.1, 0.15) is 5.69 Å². The van der Waals surface area contributed by atoms with Gasteiger partial charge in [0, 0.05) is 11.1 Å². The summed E-state index contributed by atoms with van der Waals surface area (Å²) in [5.41, 5.74) is -0.477. The minimum Gasteiger partial charge on any atom is -0.228 e. The summed E-state index contributed by atoms with van der Waals surface area (Å²) in [7, 11) is -3.97. The Bertz CT molecular complexity index is 1500. The molecular formula is C23H14F5N3O2S. The second-order valence-electron chi connectivity index (χ2n) is 7.24. The molecule has 0 saturated carbocycles. The molecular weight excluding hydrogens is 477 g/mol. The first-order valence-corrected chi connectivity index (χ1v) is 11.1. The third-order valence-electron chi connectivity index (χ3n) is 4.85. The fourth-order valence-electron chi connectivity index (χ4n) is 3.22. The fraction of sp³-hybridized carbons (Fsp3) is 0.0435. The van der Waals surface area contributed by atoms with E-state index in [4.69, 9.17) is 5.14 Å². The van der Waals surface area contributed by atoms with Crippen molar-refractivity contribution in [3.05, 3.63) is 90.1 Å². The van der Waals surface area contributed by atoms with Crippen molar-refractivity contribution < 1.29 is 30.4 Å². The normalized spacial score (nSPS) is 12.1. The molecule has 0 aliphatic heterocycles. The third-order valence-corrected chi connectivity index (χ3v) is 5.76. The predicted molar refractivity (Wildman–Crippen MR) is 115 cm³/mol. The molecule has 0 amide bonds. The molecule has 4 aromatic rings. The molecule has 3 aromatic carbocycles. The Morgan fingerprint density at radius 1 is 0.706 bits per heavy atom. The number of hydrogen-bond acceptors (Lipinski definition) is 4. The van der Waals surface area contributed by atoms with Gasteiger partial charge in [-0.1, -0.05) is 30.3 Å². The smallest absolute Gasteiger partial charge is 0.228 e. The molecule has 174 valence electrons. The van der Waals surface area contributed by atoms with Crippen LogP contribution in [0, 0.1) is 11.6 Å². The first-order chi connectivity index (χ1) is 15.9. The van der Waals surface area contributed by atoms with Gasteiger partial charge in [0.1, 0.15) is 5.69 Å². The maximum atomic E-state index is 13.7. The van der Waals surface area contributed by atoms with Gasteiger partial charge in [-0.3, -0.25) is 0 Å². The van der Waals surface area contributed by atoms with Crippen LogP contribution in [0.4, 0.5) is 22.0 Å². The van der Waals surface area contributed by atoms with E-state index in [0.29, 0.717) is 17.2 Å². The van der Waals surface area contributed by atoms with Crippen LogP contribution in [0.2, 0.25) is 0 Å². The summed E-state index contributed by atoms with van der Waals surface area (Å²) >= 11 is 0. The van der Waals surface area contributed by atoms with Crippen LogP contribution in [-0.2, 0) is 16.2 Å². The van der Waals surface area contributed by atoms with Gasteiger partial charge in [-0.05, 0) is 53.6 Å². The average molecular weight is 491 g/mol. The maximum Gasteiger partial charge on any atom is 0.433 e. The van der Waals surface area contributed by atoms with Crippen LogP contribution in [0.3, 0.4) is 0 Å². The second-order valence-corrected chi connectivity index (χ2v) is 8.80. The van der Waals surface area contributed by atoms with Crippen molar-refractivity contribution in [1.29, 1.82) is 0 Å². The quantitative estimate of drug-likeness (QED) is 0.386. The number of sulfonamides is 1. The van der Waals surface area contributed by atoms with E-state index < -0.39 is 33.5 Å². The molecule has 2 N–H and O–H groups in total. The average Bonchev–Trinajstić information content (AvgIpc) is 2.79. The van der Waals surface area contributed by atoms with E-state index in [1.54, 1.807) is 12.1 Å². The molecule has 0 radical (unpaired) electrons. The van der Waals surface area contributed by atoms with Crippen molar-refractivity contribution in [1.82, 2.24) is 9.97 Å². The van der Waals surface area contributed by atoms with Crippen molar-refractivity contribution in [3.8, 4) is 33.8 Å². The van der Waals surface area contributed by atoms with Crippen LogP contribution >= 0.6 is 0 Å². The molecule has 1 heterocycles. The summed E-state index contributed by atoms with van der Waals surface area (Å²) in [6, 6.07) is 15.1. The number of halogens is 5. The Kier molecular flexibility index (Phi) is 5.92. The van der Waals surface area contributed by atoms with Crippen molar-refractivity contribution >= 4 is 10.0 Å². The maximum absolute atomic E-state index is 13.7. The third kappa shape index (κ3) is 4.95. The molecule has 5 nitrogen and oxygen atoms in total. The number of rotatable bonds is 4. The lowest BCUT2D eigenvalue weighted by atomic mass is 10.0. The highest BCUT2D eigenvalue weighted by molar-refractivity contribution is 7.89. The van der Waals surface area contributed by atoms with Gasteiger partial charge in [0.2, 0.25) is 10.0 Å². The van der Waals surface area contributed by atoms with Crippen molar-refractivity contribution in [2.45, 2.75) is 11.1 Å². The Labute approximate surface area is 190 Å².